The molecule has 0 fully saturated rings. The van der Waals surface area contributed by atoms with Crippen LogP contribution in [-0.2, 0) is 4.74 Å². The highest BCUT2D eigenvalue weighted by molar-refractivity contribution is 5.41. The smallest absolute Gasteiger partial charge is 0.124 e. The summed E-state index contributed by atoms with van der Waals surface area (Å²) in [5, 5.41) is 13.4. The second-order valence-corrected chi connectivity index (χ2v) is 5.22. The van der Waals surface area contributed by atoms with Crippen molar-refractivity contribution >= 4 is 0 Å². The van der Waals surface area contributed by atoms with Gasteiger partial charge in [-0.1, -0.05) is 6.07 Å². The van der Waals surface area contributed by atoms with Gasteiger partial charge < -0.3 is 19.9 Å². The Kier molecular flexibility index (Phi) is 5.63. The first-order valence-corrected chi connectivity index (χ1v) is 6.64. The Morgan fingerprint density at radius 1 is 1.37 bits per heavy atom. The molecule has 1 atom stereocenters. The topological polar surface area (TPSA) is 50.7 Å². The molecule has 0 heterocycles. The van der Waals surface area contributed by atoms with Gasteiger partial charge in [-0.25, -0.2) is 0 Å². The summed E-state index contributed by atoms with van der Waals surface area (Å²) in [4.78, 5) is 0. The number of hydrogen-bond acceptors (Lipinski definition) is 4. The number of hydrogen-bond donors (Lipinski definition) is 2. The fraction of sp³-hybridized carbons (Fsp3) is 0.600. The SMILES string of the molecule is CCOC(C)(C)CNC(C)c1ccc(OC)cc1O. The number of nitrogens with one attached hydrogen (secondary N) is 1. The van der Waals surface area contributed by atoms with Crippen LogP contribution in [0.1, 0.15) is 39.3 Å². The number of rotatable bonds is 7. The zero-order chi connectivity index (χ0) is 14.5. The number of methoxy groups -OCH3 is 1. The molecule has 0 radical (unpaired) electrons. The van der Waals surface area contributed by atoms with Crippen LogP contribution in [0.25, 0.3) is 0 Å². The fourth-order valence-corrected chi connectivity index (χ4v) is 1.97. The maximum absolute atomic E-state index is 9.97. The molecule has 0 aromatic heterocycles. The molecule has 1 rings (SSSR count). The van der Waals surface area contributed by atoms with Crippen molar-refractivity contribution in [2.45, 2.75) is 39.3 Å². The summed E-state index contributed by atoms with van der Waals surface area (Å²) in [5.74, 6) is 0.900. The van der Waals surface area contributed by atoms with Gasteiger partial charge in [0.05, 0.1) is 12.7 Å². The van der Waals surface area contributed by atoms with E-state index in [0.29, 0.717) is 18.9 Å². The Bertz CT molecular complexity index is 404. The lowest BCUT2D eigenvalue weighted by Gasteiger charge is -2.27. The van der Waals surface area contributed by atoms with Gasteiger partial charge in [-0.15, -0.1) is 0 Å². The third-order valence-electron chi connectivity index (χ3n) is 3.07. The van der Waals surface area contributed by atoms with Gasteiger partial charge in [0.1, 0.15) is 11.5 Å². The Balaban J connectivity index is 2.65. The van der Waals surface area contributed by atoms with Gasteiger partial charge in [0, 0.05) is 30.8 Å². The van der Waals surface area contributed by atoms with Gasteiger partial charge in [-0.05, 0) is 33.8 Å². The lowest BCUT2D eigenvalue weighted by molar-refractivity contribution is -0.0103. The van der Waals surface area contributed by atoms with E-state index in [0.717, 1.165) is 5.56 Å². The number of aromatic hydroxyl groups is 1. The van der Waals surface area contributed by atoms with Gasteiger partial charge in [-0.3, -0.25) is 0 Å². The van der Waals surface area contributed by atoms with E-state index >= 15 is 0 Å². The highest BCUT2D eigenvalue weighted by Crippen LogP contribution is 2.28. The highest BCUT2D eigenvalue weighted by atomic mass is 16.5. The average molecular weight is 267 g/mol. The van der Waals surface area contributed by atoms with Crippen LogP contribution in [0.3, 0.4) is 0 Å². The van der Waals surface area contributed by atoms with Crippen LogP contribution >= 0.6 is 0 Å². The van der Waals surface area contributed by atoms with Crippen molar-refractivity contribution in [3.8, 4) is 11.5 Å². The summed E-state index contributed by atoms with van der Waals surface area (Å²) in [6.07, 6.45) is 0. The van der Waals surface area contributed by atoms with Crippen LogP contribution in [0.5, 0.6) is 11.5 Å². The van der Waals surface area contributed by atoms with Crippen molar-refractivity contribution in [2.75, 3.05) is 20.3 Å². The van der Waals surface area contributed by atoms with E-state index in [1.165, 1.54) is 0 Å². The molecule has 0 aliphatic heterocycles. The number of phenolic OH excluding ortho intramolecular Hbond substituents is 1. The molecule has 0 aliphatic carbocycles. The summed E-state index contributed by atoms with van der Waals surface area (Å²) in [6.45, 7) is 9.50. The lowest BCUT2D eigenvalue weighted by atomic mass is 10.0. The first-order chi connectivity index (χ1) is 8.89. The van der Waals surface area contributed by atoms with E-state index in [4.69, 9.17) is 9.47 Å². The molecule has 108 valence electrons. The molecule has 1 aromatic rings. The molecular formula is C15H25NO3. The Labute approximate surface area is 115 Å². The van der Waals surface area contributed by atoms with E-state index < -0.39 is 0 Å². The number of ether oxygens (including phenoxy) is 2. The monoisotopic (exact) mass is 267 g/mol. The predicted molar refractivity (Wildman–Crippen MR) is 76.8 cm³/mol. The largest absolute Gasteiger partial charge is 0.507 e. The normalized spacial score (nSPS) is 13.3. The zero-order valence-electron chi connectivity index (χ0n) is 12.5. The Morgan fingerprint density at radius 3 is 2.58 bits per heavy atom. The molecule has 1 unspecified atom stereocenters. The van der Waals surface area contributed by atoms with Crippen LogP contribution in [0.15, 0.2) is 18.2 Å². The van der Waals surface area contributed by atoms with E-state index in [1.807, 2.05) is 39.8 Å². The minimum atomic E-state index is -0.217. The maximum atomic E-state index is 9.97. The molecule has 0 saturated carbocycles. The third-order valence-corrected chi connectivity index (χ3v) is 3.07. The molecule has 4 nitrogen and oxygen atoms in total. The van der Waals surface area contributed by atoms with Gasteiger partial charge in [0.2, 0.25) is 0 Å². The summed E-state index contributed by atoms with van der Waals surface area (Å²) in [6, 6.07) is 5.40. The Hall–Kier alpha value is -1.26. The second-order valence-electron chi connectivity index (χ2n) is 5.22. The summed E-state index contributed by atoms with van der Waals surface area (Å²) < 4.78 is 10.7. The first-order valence-electron chi connectivity index (χ1n) is 6.64. The van der Waals surface area contributed by atoms with Gasteiger partial charge in [-0.2, -0.15) is 0 Å². The maximum Gasteiger partial charge on any atom is 0.124 e. The van der Waals surface area contributed by atoms with Gasteiger partial charge in [0.25, 0.3) is 0 Å². The van der Waals surface area contributed by atoms with Crippen molar-refractivity contribution in [3.63, 3.8) is 0 Å². The molecule has 0 aliphatic rings. The summed E-state index contributed by atoms with van der Waals surface area (Å²) in [7, 11) is 1.58. The van der Waals surface area contributed by atoms with Gasteiger partial charge >= 0.3 is 0 Å². The molecule has 0 bridgehead atoms. The van der Waals surface area contributed by atoms with Crippen LogP contribution in [0, 0.1) is 0 Å². The minimum Gasteiger partial charge on any atom is -0.507 e. The quantitative estimate of drug-likeness (QED) is 0.797. The molecule has 19 heavy (non-hydrogen) atoms. The van der Waals surface area contributed by atoms with E-state index in [1.54, 1.807) is 13.2 Å². The van der Waals surface area contributed by atoms with Crippen molar-refractivity contribution < 1.29 is 14.6 Å². The molecule has 4 heteroatoms. The number of benzene rings is 1. The molecule has 0 amide bonds. The van der Waals surface area contributed by atoms with E-state index in [9.17, 15) is 5.11 Å². The summed E-state index contributed by atoms with van der Waals surface area (Å²) >= 11 is 0. The third kappa shape index (κ3) is 4.73. The van der Waals surface area contributed by atoms with Crippen molar-refractivity contribution in [1.82, 2.24) is 5.32 Å². The van der Waals surface area contributed by atoms with Crippen LogP contribution in [-0.4, -0.2) is 31.0 Å². The molecule has 0 saturated heterocycles. The van der Waals surface area contributed by atoms with E-state index in [-0.39, 0.29) is 17.4 Å². The molecule has 2 N–H and O–H groups in total. The zero-order valence-corrected chi connectivity index (χ0v) is 12.5. The van der Waals surface area contributed by atoms with Crippen LogP contribution < -0.4 is 10.1 Å². The Morgan fingerprint density at radius 2 is 2.05 bits per heavy atom. The standard InChI is InChI=1S/C15H25NO3/c1-6-19-15(3,4)10-16-11(2)13-8-7-12(18-5)9-14(13)17/h7-9,11,16-17H,6,10H2,1-5H3. The lowest BCUT2D eigenvalue weighted by Crippen LogP contribution is -2.38. The molecule has 0 spiro atoms. The second kappa shape index (κ2) is 6.78. The minimum absolute atomic E-state index is 0.0469. The number of phenols is 1. The van der Waals surface area contributed by atoms with E-state index in [2.05, 4.69) is 5.32 Å². The van der Waals surface area contributed by atoms with Crippen LogP contribution in [0.4, 0.5) is 0 Å². The molecular weight excluding hydrogens is 242 g/mol. The fourth-order valence-electron chi connectivity index (χ4n) is 1.97. The van der Waals surface area contributed by atoms with Crippen LogP contribution in [0.2, 0.25) is 0 Å². The molecule has 1 aromatic carbocycles. The van der Waals surface area contributed by atoms with Gasteiger partial charge in [0.15, 0.2) is 0 Å². The predicted octanol–water partition coefficient (Wildman–Crippen LogP) is 2.87. The highest BCUT2D eigenvalue weighted by Gasteiger charge is 2.19. The van der Waals surface area contributed by atoms with Crippen molar-refractivity contribution in [1.29, 1.82) is 0 Å². The first kappa shape index (κ1) is 15.8. The average Bonchev–Trinajstić information content (AvgIpc) is 2.36. The summed E-state index contributed by atoms with van der Waals surface area (Å²) in [5.41, 5.74) is 0.638. The van der Waals surface area contributed by atoms with Crippen molar-refractivity contribution in [3.05, 3.63) is 23.8 Å². The van der Waals surface area contributed by atoms with Crippen molar-refractivity contribution in [2.24, 2.45) is 0 Å².